The Bertz CT molecular complexity index is 1340. The third-order valence-corrected chi connectivity index (χ3v) is 5.46. The van der Waals surface area contributed by atoms with E-state index in [4.69, 9.17) is 9.47 Å². The minimum atomic E-state index is -0.401. The van der Waals surface area contributed by atoms with Gasteiger partial charge in [-0.15, -0.1) is 0 Å². The maximum atomic E-state index is 13.5. The van der Waals surface area contributed by atoms with Crippen molar-refractivity contribution in [2.45, 2.75) is 13.2 Å². The SMILES string of the molecule is COC(=O)c1ccc2c(c1)/C(=C/Cn1cnc3cc(F)ccc31)c1ccccc1CO2. The van der Waals surface area contributed by atoms with E-state index in [0.29, 0.717) is 30.0 Å². The van der Waals surface area contributed by atoms with Crippen LogP contribution >= 0.6 is 0 Å². The molecule has 1 aromatic heterocycles. The van der Waals surface area contributed by atoms with Gasteiger partial charge in [-0.2, -0.15) is 0 Å². The summed E-state index contributed by atoms with van der Waals surface area (Å²) in [5.74, 6) is -0.00908. The summed E-state index contributed by atoms with van der Waals surface area (Å²) in [5, 5.41) is 0. The van der Waals surface area contributed by atoms with E-state index in [1.807, 2.05) is 28.8 Å². The number of methoxy groups -OCH3 is 1. The Kier molecular flexibility index (Phi) is 4.75. The number of ether oxygens (including phenoxy) is 2. The largest absolute Gasteiger partial charge is 0.488 e. The first-order valence-electron chi connectivity index (χ1n) is 9.88. The molecule has 6 heteroatoms. The molecular weight excluding hydrogens is 395 g/mol. The van der Waals surface area contributed by atoms with E-state index in [0.717, 1.165) is 27.8 Å². The highest BCUT2D eigenvalue weighted by Gasteiger charge is 2.21. The lowest BCUT2D eigenvalue weighted by Gasteiger charge is -2.12. The summed E-state index contributed by atoms with van der Waals surface area (Å²) >= 11 is 0. The topological polar surface area (TPSA) is 53.4 Å². The van der Waals surface area contributed by atoms with Crippen LogP contribution in [0.5, 0.6) is 5.75 Å². The van der Waals surface area contributed by atoms with Gasteiger partial charge in [0.05, 0.1) is 30.0 Å². The van der Waals surface area contributed by atoms with Crippen LogP contribution < -0.4 is 4.74 Å². The minimum absolute atomic E-state index is 0.310. The average molecular weight is 414 g/mol. The molecule has 5 rings (SSSR count). The number of nitrogens with zero attached hydrogens (tertiary/aromatic N) is 2. The van der Waals surface area contributed by atoms with Crippen molar-refractivity contribution < 1.29 is 18.7 Å². The monoisotopic (exact) mass is 414 g/mol. The quantitative estimate of drug-likeness (QED) is 0.444. The van der Waals surface area contributed by atoms with Crippen molar-refractivity contribution in [3.63, 3.8) is 0 Å². The Morgan fingerprint density at radius 2 is 2.03 bits per heavy atom. The zero-order valence-corrected chi connectivity index (χ0v) is 16.8. The molecule has 1 aliphatic rings. The zero-order chi connectivity index (χ0) is 21.4. The third kappa shape index (κ3) is 3.46. The van der Waals surface area contributed by atoms with Gasteiger partial charge in [-0.25, -0.2) is 14.2 Å². The van der Waals surface area contributed by atoms with Crippen molar-refractivity contribution >= 4 is 22.6 Å². The number of rotatable bonds is 3. The molecule has 5 nitrogen and oxygen atoms in total. The van der Waals surface area contributed by atoms with Gasteiger partial charge in [0, 0.05) is 18.2 Å². The maximum Gasteiger partial charge on any atom is 0.337 e. The van der Waals surface area contributed by atoms with E-state index in [2.05, 4.69) is 11.1 Å². The number of fused-ring (bicyclic) bond motifs is 3. The molecule has 2 heterocycles. The van der Waals surface area contributed by atoms with Crippen molar-refractivity contribution in [1.29, 1.82) is 0 Å². The molecule has 0 atom stereocenters. The molecule has 154 valence electrons. The highest BCUT2D eigenvalue weighted by molar-refractivity contribution is 5.93. The van der Waals surface area contributed by atoms with Gasteiger partial charge in [-0.3, -0.25) is 0 Å². The first kappa shape index (κ1) is 19.1. The van der Waals surface area contributed by atoms with Gasteiger partial charge < -0.3 is 14.0 Å². The van der Waals surface area contributed by atoms with Gasteiger partial charge in [0.1, 0.15) is 18.2 Å². The predicted octanol–water partition coefficient (Wildman–Crippen LogP) is 4.99. The second-order valence-electron chi connectivity index (χ2n) is 7.30. The number of benzene rings is 3. The number of halogens is 1. The Morgan fingerprint density at radius 3 is 2.90 bits per heavy atom. The number of allylic oxidation sites excluding steroid dienone is 1. The van der Waals surface area contributed by atoms with Gasteiger partial charge >= 0.3 is 5.97 Å². The van der Waals surface area contributed by atoms with E-state index in [-0.39, 0.29) is 5.82 Å². The molecule has 0 amide bonds. The standard InChI is InChI=1S/C25H19FN2O3/c1-30-25(29)16-6-9-24-21(12-16)20(19-5-3-2-4-17(19)14-31-24)10-11-28-15-27-22-13-18(26)7-8-23(22)28/h2-10,12-13,15H,11,14H2,1H3/b20-10+. The highest BCUT2D eigenvalue weighted by Crippen LogP contribution is 2.37. The lowest BCUT2D eigenvalue weighted by molar-refractivity contribution is 0.0600. The van der Waals surface area contributed by atoms with E-state index in [9.17, 15) is 9.18 Å². The molecule has 0 N–H and O–H groups in total. The second-order valence-corrected chi connectivity index (χ2v) is 7.30. The predicted molar refractivity (Wildman–Crippen MR) is 115 cm³/mol. The Morgan fingerprint density at radius 1 is 1.16 bits per heavy atom. The Labute approximate surface area is 178 Å². The molecule has 0 bridgehead atoms. The molecule has 0 saturated carbocycles. The number of esters is 1. The summed E-state index contributed by atoms with van der Waals surface area (Å²) < 4.78 is 26.4. The van der Waals surface area contributed by atoms with E-state index in [1.165, 1.54) is 19.2 Å². The lowest BCUT2D eigenvalue weighted by atomic mass is 9.93. The van der Waals surface area contributed by atoms with Crippen molar-refractivity contribution in [3.05, 3.63) is 101 Å². The fraction of sp³-hybridized carbons (Fsp3) is 0.120. The van der Waals surface area contributed by atoms with Crippen LogP contribution in [-0.2, 0) is 17.9 Å². The van der Waals surface area contributed by atoms with Gasteiger partial charge in [-0.05, 0) is 47.0 Å². The average Bonchev–Trinajstić information content (AvgIpc) is 3.12. The number of hydrogen-bond donors (Lipinski definition) is 0. The molecule has 0 unspecified atom stereocenters. The molecule has 31 heavy (non-hydrogen) atoms. The molecule has 1 aliphatic heterocycles. The second kappa shape index (κ2) is 7.72. The molecule has 0 spiro atoms. The summed E-state index contributed by atoms with van der Waals surface area (Å²) in [6.07, 6.45) is 3.78. The number of carbonyl (C=O) groups excluding carboxylic acids is 1. The summed E-state index contributed by atoms with van der Waals surface area (Å²) in [6, 6.07) is 17.9. The van der Waals surface area contributed by atoms with Gasteiger partial charge in [0.25, 0.3) is 0 Å². The summed E-state index contributed by atoms with van der Waals surface area (Å²) in [6.45, 7) is 0.957. The summed E-state index contributed by atoms with van der Waals surface area (Å²) in [7, 11) is 1.36. The normalized spacial score (nSPS) is 13.9. The summed E-state index contributed by atoms with van der Waals surface area (Å²) in [4.78, 5) is 16.4. The number of carbonyl (C=O) groups is 1. The molecule has 0 radical (unpaired) electrons. The van der Waals surface area contributed by atoms with Crippen LogP contribution in [0.15, 0.2) is 73.1 Å². The molecule has 4 aromatic rings. The Balaban J connectivity index is 1.64. The van der Waals surface area contributed by atoms with Gasteiger partial charge in [0.15, 0.2) is 0 Å². The van der Waals surface area contributed by atoms with Gasteiger partial charge in [0.2, 0.25) is 0 Å². The molecule has 0 saturated heterocycles. The maximum absolute atomic E-state index is 13.5. The van der Waals surface area contributed by atoms with E-state index >= 15 is 0 Å². The van der Waals surface area contributed by atoms with E-state index < -0.39 is 5.97 Å². The van der Waals surface area contributed by atoms with Crippen molar-refractivity contribution in [1.82, 2.24) is 9.55 Å². The number of imidazole rings is 1. The first-order valence-corrected chi connectivity index (χ1v) is 9.88. The van der Waals surface area contributed by atoms with Gasteiger partial charge in [-0.1, -0.05) is 30.3 Å². The third-order valence-electron chi connectivity index (χ3n) is 5.46. The highest BCUT2D eigenvalue weighted by atomic mass is 19.1. The van der Waals surface area contributed by atoms with Crippen molar-refractivity contribution in [2.24, 2.45) is 0 Å². The Hall–Kier alpha value is -3.93. The van der Waals surface area contributed by atoms with Crippen LogP contribution in [0.25, 0.3) is 16.6 Å². The summed E-state index contributed by atoms with van der Waals surface area (Å²) in [5.41, 5.74) is 5.79. The van der Waals surface area contributed by atoms with E-state index in [1.54, 1.807) is 30.6 Å². The zero-order valence-electron chi connectivity index (χ0n) is 16.8. The molecule has 0 aliphatic carbocycles. The minimum Gasteiger partial charge on any atom is -0.488 e. The fourth-order valence-corrected chi connectivity index (χ4v) is 3.91. The van der Waals surface area contributed by atoms with Crippen LogP contribution in [-0.4, -0.2) is 22.6 Å². The first-order chi connectivity index (χ1) is 15.1. The van der Waals surface area contributed by atoms with Crippen molar-refractivity contribution in [2.75, 3.05) is 7.11 Å². The number of hydrogen-bond acceptors (Lipinski definition) is 4. The molecule has 3 aromatic carbocycles. The molecule has 0 fully saturated rings. The van der Waals surface area contributed by atoms with Crippen molar-refractivity contribution in [3.8, 4) is 5.75 Å². The van der Waals surface area contributed by atoms with Crippen LogP contribution in [0, 0.1) is 5.82 Å². The molecular formula is C25H19FN2O3. The van der Waals surface area contributed by atoms with Crippen LogP contribution in [0.1, 0.15) is 27.0 Å². The number of aromatic nitrogens is 2. The fourth-order valence-electron chi connectivity index (χ4n) is 3.91. The van der Waals surface area contributed by atoms with Crippen LogP contribution in [0.2, 0.25) is 0 Å². The lowest BCUT2D eigenvalue weighted by Crippen LogP contribution is -2.03. The van der Waals surface area contributed by atoms with Crippen LogP contribution in [0.4, 0.5) is 4.39 Å². The van der Waals surface area contributed by atoms with Crippen LogP contribution in [0.3, 0.4) is 0 Å². The smallest absolute Gasteiger partial charge is 0.337 e.